The van der Waals surface area contributed by atoms with E-state index in [0.29, 0.717) is 0 Å². The fourth-order valence-corrected chi connectivity index (χ4v) is 9.65. The van der Waals surface area contributed by atoms with E-state index in [0.717, 1.165) is 24.0 Å². The highest BCUT2D eigenvalue weighted by Crippen LogP contribution is 2.52. The molecule has 0 radical (unpaired) electrons. The van der Waals surface area contributed by atoms with Gasteiger partial charge in [0.2, 0.25) is 11.4 Å². The molecule has 3 aliphatic rings. The van der Waals surface area contributed by atoms with Crippen molar-refractivity contribution in [2.45, 2.75) is 67.0 Å². The van der Waals surface area contributed by atoms with E-state index < -0.39 is 5.66 Å². The highest BCUT2D eigenvalue weighted by atomic mass is 16.3. The van der Waals surface area contributed by atoms with E-state index in [-0.39, 0.29) is 5.41 Å². The van der Waals surface area contributed by atoms with Crippen molar-refractivity contribution in [1.29, 1.82) is 0 Å². The zero-order chi connectivity index (χ0) is 34.3. The zero-order valence-corrected chi connectivity index (χ0v) is 30.0. The Hall–Kier alpha value is -5.28. The standard InChI is InChI=1S/C47H42N2O/c1-27-13-12-14-28(2)41(27)36-26-49-40(24-32(36)25-46(5,6)7)43-38(47(49)37-16-9-8-15-35(37)39-17-10-11-22-48(39)47)21-20-34-33-19-18-31-23-29(3)30(4)42(31)44(33)50-45(34)43/h8-22,24,26H,23,25H2,1-7H3/q+2. The summed E-state index contributed by atoms with van der Waals surface area (Å²) in [6.07, 6.45) is 6.71. The molecule has 4 aromatic carbocycles. The van der Waals surface area contributed by atoms with Crippen LogP contribution in [0.25, 0.3) is 61.2 Å². The van der Waals surface area contributed by atoms with E-state index in [2.05, 4.69) is 161 Å². The first-order chi connectivity index (χ1) is 24.1. The number of aryl methyl sites for hydroxylation is 2. The van der Waals surface area contributed by atoms with Crippen LogP contribution >= 0.6 is 0 Å². The average Bonchev–Trinajstić information content (AvgIpc) is 3.78. The van der Waals surface area contributed by atoms with Crippen LogP contribution in [0, 0.1) is 19.3 Å². The van der Waals surface area contributed by atoms with Crippen molar-refractivity contribution in [3.8, 4) is 33.6 Å². The Labute approximate surface area is 294 Å². The van der Waals surface area contributed by atoms with E-state index in [4.69, 9.17) is 4.42 Å². The molecule has 5 heterocycles. The lowest BCUT2D eigenvalue weighted by Gasteiger charge is -2.23. The molecule has 1 atom stereocenters. The third-order valence-corrected chi connectivity index (χ3v) is 11.8. The summed E-state index contributed by atoms with van der Waals surface area (Å²) >= 11 is 0. The Morgan fingerprint density at radius 2 is 1.38 bits per heavy atom. The van der Waals surface area contributed by atoms with Gasteiger partial charge in [-0.1, -0.05) is 68.8 Å². The van der Waals surface area contributed by atoms with Crippen molar-refractivity contribution in [3.63, 3.8) is 0 Å². The van der Waals surface area contributed by atoms with Crippen LogP contribution in [-0.4, -0.2) is 0 Å². The quantitative estimate of drug-likeness (QED) is 0.171. The molecule has 244 valence electrons. The Bertz CT molecular complexity index is 2610. The SMILES string of the molecule is CC1=C(C)c2c(ccc3c2oc2c4c(ccc23)C2(c3ccccc3-c3cccc[n+]32)[n+]2cc(-c3c(C)cccc3C)c(CC(C)(C)C)cc2-4)C1. The van der Waals surface area contributed by atoms with Gasteiger partial charge in [-0.3, -0.25) is 0 Å². The second kappa shape index (κ2) is 9.91. The van der Waals surface area contributed by atoms with Crippen molar-refractivity contribution in [2.75, 3.05) is 0 Å². The minimum atomic E-state index is -0.620. The summed E-state index contributed by atoms with van der Waals surface area (Å²) in [5.74, 6) is 0. The second-order valence-corrected chi connectivity index (χ2v) is 16.2. The number of allylic oxidation sites excluding steroid dienone is 2. The molecule has 10 rings (SSSR count). The van der Waals surface area contributed by atoms with E-state index in [1.54, 1.807) is 0 Å². The van der Waals surface area contributed by atoms with Crippen LogP contribution in [0.15, 0.2) is 113 Å². The molecular formula is C47H42N2O+2. The molecular weight excluding hydrogens is 609 g/mol. The van der Waals surface area contributed by atoms with Gasteiger partial charge in [-0.05, 0) is 110 Å². The number of fused-ring (bicyclic) bond motifs is 16. The average molecular weight is 651 g/mol. The van der Waals surface area contributed by atoms with E-state index >= 15 is 0 Å². The number of nitrogens with zero attached hydrogens (tertiary/aromatic N) is 2. The minimum absolute atomic E-state index is 0.0956. The molecule has 0 N–H and O–H groups in total. The number of aromatic nitrogens is 2. The van der Waals surface area contributed by atoms with Gasteiger partial charge in [0.25, 0.3) is 0 Å². The largest absolute Gasteiger partial charge is 0.454 e. The molecule has 3 heteroatoms. The zero-order valence-electron chi connectivity index (χ0n) is 30.0. The molecule has 3 nitrogen and oxygen atoms in total. The molecule has 1 unspecified atom stereocenters. The summed E-state index contributed by atoms with van der Waals surface area (Å²) in [6, 6.07) is 34.2. The molecule has 0 amide bonds. The van der Waals surface area contributed by atoms with Gasteiger partial charge in [0.1, 0.15) is 27.9 Å². The van der Waals surface area contributed by atoms with Crippen LogP contribution < -0.4 is 9.13 Å². The molecule has 2 aliphatic heterocycles. The predicted octanol–water partition coefficient (Wildman–Crippen LogP) is 10.6. The summed E-state index contributed by atoms with van der Waals surface area (Å²) in [5.41, 5.74) is 21.0. The predicted molar refractivity (Wildman–Crippen MR) is 203 cm³/mol. The van der Waals surface area contributed by atoms with Gasteiger partial charge < -0.3 is 4.42 Å². The number of hydrogen-bond acceptors (Lipinski definition) is 1. The minimum Gasteiger partial charge on any atom is -0.454 e. The summed E-state index contributed by atoms with van der Waals surface area (Å²) in [6.45, 7) is 16.1. The number of furan rings is 1. The molecule has 1 aliphatic carbocycles. The lowest BCUT2D eigenvalue weighted by molar-refractivity contribution is -0.954. The topological polar surface area (TPSA) is 20.9 Å². The number of benzene rings is 4. The fraction of sp³-hybridized carbons (Fsp3) is 0.234. The van der Waals surface area contributed by atoms with Crippen LogP contribution in [-0.2, 0) is 18.5 Å². The molecule has 7 aromatic rings. The molecule has 1 spiro atoms. The van der Waals surface area contributed by atoms with Gasteiger partial charge in [-0.25, -0.2) is 0 Å². The smallest absolute Gasteiger partial charge is 0.417 e. The third-order valence-electron chi connectivity index (χ3n) is 11.8. The first kappa shape index (κ1) is 29.6. The number of hydrogen-bond donors (Lipinski definition) is 0. The lowest BCUT2D eigenvalue weighted by Crippen LogP contribution is -2.71. The van der Waals surface area contributed by atoms with Crippen LogP contribution in [0.1, 0.15) is 73.6 Å². The Kier molecular flexibility index (Phi) is 5.87. The van der Waals surface area contributed by atoms with Gasteiger partial charge in [0.15, 0.2) is 12.4 Å². The second-order valence-electron chi connectivity index (χ2n) is 16.2. The highest BCUT2D eigenvalue weighted by molar-refractivity contribution is 6.13. The molecule has 0 saturated heterocycles. The van der Waals surface area contributed by atoms with Gasteiger partial charge in [0.05, 0.1) is 5.56 Å². The van der Waals surface area contributed by atoms with Crippen molar-refractivity contribution in [1.82, 2.24) is 0 Å². The van der Waals surface area contributed by atoms with Crippen molar-refractivity contribution in [2.24, 2.45) is 5.41 Å². The number of rotatable bonds is 2. The van der Waals surface area contributed by atoms with Gasteiger partial charge >= 0.3 is 5.66 Å². The molecule has 0 saturated carbocycles. The van der Waals surface area contributed by atoms with Crippen LogP contribution in [0.3, 0.4) is 0 Å². The Morgan fingerprint density at radius 1 is 0.660 bits per heavy atom. The summed E-state index contributed by atoms with van der Waals surface area (Å²) in [4.78, 5) is 0. The van der Waals surface area contributed by atoms with E-state index in [9.17, 15) is 0 Å². The maximum absolute atomic E-state index is 7.23. The normalized spacial score (nSPS) is 17.1. The van der Waals surface area contributed by atoms with E-state index in [1.807, 2.05) is 0 Å². The maximum Gasteiger partial charge on any atom is 0.417 e. The third kappa shape index (κ3) is 3.70. The fourth-order valence-electron chi connectivity index (χ4n) is 9.65. The summed E-state index contributed by atoms with van der Waals surface area (Å²) < 4.78 is 12.3. The van der Waals surface area contributed by atoms with Crippen LogP contribution in [0.2, 0.25) is 0 Å². The van der Waals surface area contributed by atoms with Gasteiger partial charge in [-0.2, -0.15) is 0 Å². The summed E-state index contributed by atoms with van der Waals surface area (Å²) in [5, 5.41) is 2.38. The number of pyridine rings is 2. The van der Waals surface area contributed by atoms with Gasteiger partial charge in [0, 0.05) is 40.1 Å². The Morgan fingerprint density at radius 3 is 2.16 bits per heavy atom. The maximum atomic E-state index is 7.23. The summed E-state index contributed by atoms with van der Waals surface area (Å²) in [7, 11) is 0. The Balaban J connectivity index is 1.40. The lowest BCUT2D eigenvalue weighted by atomic mass is 9.83. The van der Waals surface area contributed by atoms with E-state index in [1.165, 1.54) is 94.5 Å². The highest BCUT2D eigenvalue weighted by Gasteiger charge is 2.67. The van der Waals surface area contributed by atoms with Crippen molar-refractivity contribution >= 4 is 27.5 Å². The van der Waals surface area contributed by atoms with Gasteiger partial charge in [-0.15, -0.1) is 9.13 Å². The monoisotopic (exact) mass is 650 g/mol. The van der Waals surface area contributed by atoms with Crippen LogP contribution in [0.4, 0.5) is 0 Å². The first-order valence-corrected chi connectivity index (χ1v) is 18.0. The van der Waals surface area contributed by atoms with Crippen molar-refractivity contribution in [3.05, 3.63) is 148 Å². The molecule has 50 heavy (non-hydrogen) atoms. The first-order valence-electron chi connectivity index (χ1n) is 18.0. The molecule has 0 fully saturated rings. The molecule has 0 bridgehead atoms. The van der Waals surface area contributed by atoms with Crippen LogP contribution in [0.5, 0.6) is 0 Å². The molecule has 3 aromatic heterocycles. The van der Waals surface area contributed by atoms with Crippen molar-refractivity contribution < 1.29 is 13.6 Å².